The molecule has 17 heavy (non-hydrogen) atoms. The van der Waals surface area contributed by atoms with Crippen molar-refractivity contribution < 1.29 is 30.0 Å². The lowest BCUT2D eigenvalue weighted by molar-refractivity contribution is -0.147. The minimum atomic E-state index is -1.08. The molecule has 0 bridgehead atoms. The van der Waals surface area contributed by atoms with Gasteiger partial charge in [-0.05, 0) is 12.1 Å². The lowest BCUT2D eigenvalue weighted by Crippen LogP contribution is -2.13. The highest BCUT2D eigenvalue weighted by molar-refractivity contribution is 5.77. The fourth-order valence-electron chi connectivity index (χ4n) is 0.842. The molecular formula is C11H14O6. The fourth-order valence-corrected chi connectivity index (χ4v) is 0.842. The van der Waals surface area contributed by atoms with E-state index in [-0.39, 0.29) is 17.9 Å². The Hall–Kier alpha value is -2.24. The highest BCUT2D eigenvalue weighted by Crippen LogP contribution is 2.14. The molecule has 1 aromatic rings. The van der Waals surface area contributed by atoms with Gasteiger partial charge in [0.05, 0.1) is 12.3 Å². The van der Waals surface area contributed by atoms with E-state index in [1.54, 1.807) is 6.07 Å². The quantitative estimate of drug-likeness (QED) is 0.634. The van der Waals surface area contributed by atoms with Crippen LogP contribution in [0.2, 0.25) is 0 Å². The molecule has 0 amide bonds. The van der Waals surface area contributed by atoms with Gasteiger partial charge >= 0.3 is 11.9 Å². The number of carboxylic acid groups (broad SMARTS) is 2. The fraction of sp³-hybridized carbons (Fsp3) is 0.273. The third-order valence-corrected chi connectivity index (χ3v) is 1.73. The van der Waals surface area contributed by atoms with Crippen LogP contribution in [0.15, 0.2) is 24.3 Å². The largest absolute Gasteiger partial charge is 0.508 e. The molecule has 6 heteroatoms. The van der Waals surface area contributed by atoms with Crippen LogP contribution < -0.4 is 0 Å². The van der Waals surface area contributed by atoms with Gasteiger partial charge in [-0.3, -0.25) is 9.59 Å². The first-order chi connectivity index (χ1) is 7.82. The van der Waals surface area contributed by atoms with Crippen LogP contribution in [0.25, 0.3) is 0 Å². The van der Waals surface area contributed by atoms with Crippen LogP contribution >= 0.6 is 0 Å². The molecule has 0 aliphatic heterocycles. The molecule has 0 aliphatic rings. The molecule has 0 saturated heterocycles. The number of carbonyl (C=O) groups is 2. The van der Waals surface area contributed by atoms with Crippen molar-refractivity contribution in [2.45, 2.75) is 13.3 Å². The van der Waals surface area contributed by atoms with Crippen molar-refractivity contribution in [2.24, 2.45) is 5.92 Å². The maximum absolute atomic E-state index is 9.97. The van der Waals surface area contributed by atoms with Gasteiger partial charge in [0.15, 0.2) is 0 Å². The average molecular weight is 242 g/mol. The van der Waals surface area contributed by atoms with E-state index in [1.165, 1.54) is 25.1 Å². The standard InChI is InChI=1S/C6H6O2.C5H8O4/c7-5-2-1-3-6(8)4-5;1-3(5(8)9)2-4(6)7/h1-4,7-8H;3H,2H2,1H3,(H,6,7)(H,8,9). The predicted octanol–water partition coefficient (Wildman–Crippen LogP) is 1.28. The summed E-state index contributed by atoms with van der Waals surface area (Å²) >= 11 is 0. The minimum absolute atomic E-state index is 0.0880. The van der Waals surface area contributed by atoms with E-state index in [0.717, 1.165) is 0 Å². The second-order valence-electron chi connectivity index (χ2n) is 3.36. The van der Waals surface area contributed by atoms with Crippen LogP contribution in [0.4, 0.5) is 0 Å². The van der Waals surface area contributed by atoms with Gasteiger partial charge in [0.1, 0.15) is 11.5 Å². The highest BCUT2D eigenvalue weighted by Gasteiger charge is 2.13. The maximum Gasteiger partial charge on any atom is 0.306 e. The Labute approximate surface area is 97.8 Å². The molecule has 0 fully saturated rings. The number of rotatable bonds is 3. The van der Waals surface area contributed by atoms with Gasteiger partial charge < -0.3 is 20.4 Å². The third-order valence-electron chi connectivity index (χ3n) is 1.73. The Morgan fingerprint density at radius 2 is 1.65 bits per heavy atom. The van der Waals surface area contributed by atoms with E-state index in [4.69, 9.17) is 20.4 Å². The number of hydrogen-bond donors (Lipinski definition) is 4. The molecule has 0 radical (unpaired) electrons. The van der Waals surface area contributed by atoms with Crippen LogP contribution in [0, 0.1) is 5.92 Å². The van der Waals surface area contributed by atoms with Crippen molar-refractivity contribution >= 4 is 11.9 Å². The normalized spacial score (nSPS) is 10.9. The Morgan fingerprint density at radius 1 is 1.18 bits per heavy atom. The summed E-state index contributed by atoms with van der Waals surface area (Å²) in [6.45, 7) is 1.36. The molecule has 0 spiro atoms. The molecule has 1 unspecified atom stereocenters. The number of aliphatic carboxylic acids is 2. The van der Waals surface area contributed by atoms with Crippen molar-refractivity contribution in [1.29, 1.82) is 0 Å². The van der Waals surface area contributed by atoms with Gasteiger partial charge in [0, 0.05) is 6.07 Å². The first-order valence-electron chi connectivity index (χ1n) is 4.75. The average Bonchev–Trinajstić information content (AvgIpc) is 2.16. The van der Waals surface area contributed by atoms with Crippen molar-refractivity contribution in [2.75, 3.05) is 0 Å². The number of phenols is 2. The number of aromatic hydroxyl groups is 2. The Balaban J connectivity index is 0.000000302. The maximum atomic E-state index is 9.97. The number of phenolic OH excluding ortho intramolecular Hbond substituents is 2. The van der Waals surface area contributed by atoms with E-state index in [1.807, 2.05) is 0 Å². The Kier molecular flexibility index (Phi) is 6.17. The summed E-state index contributed by atoms with van der Waals surface area (Å²) < 4.78 is 0. The third kappa shape index (κ3) is 7.66. The van der Waals surface area contributed by atoms with Crippen molar-refractivity contribution in [1.82, 2.24) is 0 Å². The predicted molar refractivity (Wildman–Crippen MR) is 58.8 cm³/mol. The van der Waals surface area contributed by atoms with Crippen LogP contribution in [-0.4, -0.2) is 32.4 Å². The van der Waals surface area contributed by atoms with Gasteiger partial charge in [-0.2, -0.15) is 0 Å². The monoisotopic (exact) mass is 242 g/mol. The van der Waals surface area contributed by atoms with Crippen LogP contribution in [0.1, 0.15) is 13.3 Å². The lowest BCUT2D eigenvalue weighted by atomic mass is 10.1. The van der Waals surface area contributed by atoms with E-state index < -0.39 is 17.9 Å². The van der Waals surface area contributed by atoms with Gasteiger partial charge in [0.2, 0.25) is 0 Å². The Bertz CT molecular complexity index is 370. The van der Waals surface area contributed by atoms with Crippen molar-refractivity contribution in [3.63, 3.8) is 0 Å². The van der Waals surface area contributed by atoms with Crippen molar-refractivity contribution in [3.05, 3.63) is 24.3 Å². The van der Waals surface area contributed by atoms with E-state index in [9.17, 15) is 9.59 Å². The molecule has 1 atom stereocenters. The Morgan fingerprint density at radius 3 is 1.82 bits per heavy atom. The summed E-state index contributed by atoms with van der Waals surface area (Å²) in [5.41, 5.74) is 0. The smallest absolute Gasteiger partial charge is 0.306 e. The van der Waals surface area contributed by atoms with Crippen molar-refractivity contribution in [3.8, 4) is 11.5 Å². The zero-order chi connectivity index (χ0) is 13.4. The number of benzene rings is 1. The number of carboxylic acids is 2. The van der Waals surface area contributed by atoms with Crippen LogP contribution in [-0.2, 0) is 9.59 Å². The van der Waals surface area contributed by atoms with Gasteiger partial charge in [-0.1, -0.05) is 13.0 Å². The first kappa shape index (κ1) is 14.8. The molecule has 0 saturated carbocycles. The van der Waals surface area contributed by atoms with E-state index in [2.05, 4.69) is 0 Å². The molecule has 4 N–H and O–H groups in total. The summed E-state index contributed by atoms with van der Waals surface area (Å²) in [4.78, 5) is 19.8. The molecule has 0 heterocycles. The number of hydrogen-bond acceptors (Lipinski definition) is 4. The van der Waals surface area contributed by atoms with E-state index >= 15 is 0 Å². The SMILES string of the molecule is CC(CC(=O)O)C(=O)O.Oc1cccc(O)c1. The van der Waals surface area contributed by atoms with Gasteiger partial charge in [-0.25, -0.2) is 0 Å². The summed E-state index contributed by atoms with van der Waals surface area (Å²) in [6, 6.07) is 5.85. The van der Waals surface area contributed by atoms with E-state index in [0.29, 0.717) is 0 Å². The molecule has 1 rings (SSSR count). The summed E-state index contributed by atoms with van der Waals surface area (Å²) in [6.07, 6.45) is -0.310. The van der Waals surface area contributed by atoms with Crippen LogP contribution in [0.3, 0.4) is 0 Å². The molecular weight excluding hydrogens is 228 g/mol. The summed E-state index contributed by atoms with van der Waals surface area (Å²) in [5.74, 6) is -2.76. The molecule has 1 aromatic carbocycles. The zero-order valence-corrected chi connectivity index (χ0v) is 9.20. The lowest BCUT2D eigenvalue weighted by Gasteiger charge is -1.98. The first-order valence-corrected chi connectivity index (χ1v) is 4.75. The minimum Gasteiger partial charge on any atom is -0.508 e. The van der Waals surface area contributed by atoms with Crippen LogP contribution in [0.5, 0.6) is 11.5 Å². The summed E-state index contributed by atoms with van der Waals surface area (Å²) in [7, 11) is 0. The molecule has 94 valence electrons. The second kappa shape index (κ2) is 7.10. The molecule has 0 aromatic heterocycles. The van der Waals surface area contributed by atoms with Gasteiger partial charge in [0.25, 0.3) is 0 Å². The van der Waals surface area contributed by atoms with Gasteiger partial charge in [-0.15, -0.1) is 0 Å². The highest BCUT2D eigenvalue weighted by atomic mass is 16.4. The summed E-state index contributed by atoms with van der Waals surface area (Å²) in [5, 5.41) is 33.5. The second-order valence-corrected chi connectivity index (χ2v) is 3.36. The molecule has 0 aliphatic carbocycles. The molecule has 6 nitrogen and oxygen atoms in total. The zero-order valence-electron chi connectivity index (χ0n) is 9.20. The topological polar surface area (TPSA) is 115 Å².